The van der Waals surface area contributed by atoms with Gasteiger partial charge in [0.15, 0.2) is 11.6 Å². The minimum Gasteiger partial charge on any atom is -0.393 e. The maximum Gasteiger partial charge on any atom is 0.159 e. The molecular formula is C19H22N6. The summed E-state index contributed by atoms with van der Waals surface area (Å²) in [4.78, 5) is 15.5. The highest BCUT2D eigenvalue weighted by Gasteiger charge is 2.21. The van der Waals surface area contributed by atoms with Crippen LogP contribution in [0.4, 0.5) is 23.0 Å². The van der Waals surface area contributed by atoms with Crippen LogP contribution in [0, 0.1) is 5.92 Å². The van der Waals surface area contributed by atoms with E-state index in [2.05, 4.69) is 32.1 Å². The van der Waals surface area contributed by atoms with Crippen molar-refractivity contribution in [1.29, 1.82) is 0 Å². The molecule has 1 aromatic carbocycles. The summed E-state index contributed by atoms with van der Waals surface area (Å²) in [5.74, 6) is 2.10. The number of hydrogen-bond acceptors (Lipinski definition) is 6. The average molecular weight is 334 g/mol. The molecule has 6 nitrogen and oxygen atoms in total. The van der Waals surface area contributed by atoms with Gasteiger partial charge in [0.05, 0.1) is 11.2 Å². The lowest BCUT2D eigenvalue weighted by Gasteiger charge is -2.32. The van der Waals surface area contributed by atoms with Gasteiger partial charge in [-0.3, -0.25) is 4.98 Å². The van der Waals surface area contributed by atoms with E-state index in [0.29, 0.717) is 17.4 Å². The molecule has 1 aliphatic heterocycles. The molecule has 0 spiro atoms. The highest BCUT2D eigenvalue weighted by molar-refractivity contribution is 5.93. The van der Waals surface area contributed by atoms with Crippen LogP contribution in [0.25, 0.3) is 10.9 Å². The maximum atomic E-state index is 6.40. The van der Waals surface area contributed by atoms with E-state index in [1.54, 1.807) is 12.5 Å². The summed E-state index contributed by atoms with van der Waals surface area (Å²) in [6.45, 7) is 4.24. The summed E-state index contributed by atoms with van der Waals surface area (Å²) in [7, 11) is 0. The Balaban J connectivity index is 1.68. The molecule has 0 aliphatic carbocycles. The third kappa shape index (κ3) is 3.07. The SMILES string of the molecule is CC1CCCN(c2ncnc(Nc3cccc4cccnc34)c2N)C1. The van der Waals surface area contributed by atoms with Crippen molar-refractivity contribution in [2.24, 2.45) is 5.92 Å². The fourth-order valence-corrected chi connectivity index (χ4v) is 3.45. The molecule has 4 rings (SSSR count). The quantitative estimate of drug-likeness (QED) is 0.762. The third-order valence-electron chi connectivity index (χ3n) is 4.71. The number of nitrogen functional groups attached to an aromatic ring is 1. The van der Waals surface area contributed by atoms with Gasteiger partial charge in [-0.05, 0) is 30.9 Å². The Hall–Kier alpha value is -2.89. The van der Waals surface area contributed by atoms with Gasteiger partial charge in [-0.15, -0.1) is 0 Å². The van der Waals surface area contributed by atoms with Gasteiger partial charge in [0, 0.05) is 24.7 Å². The van der Waals surface area contributed by atoms with Crippen molar-refractivity contribution in [3.63, 3.8) is 0 Å². The van der Waals surface area contributed by atoms with Crippen molar-refractivity contribution in [2.75, 3.05) is 29.0 Å². The molecule has 25 heavy (non-hydrogen) atoms. The number of fused-ring (bicyclic) bond motifs is 1. The number of aromatic nitrogens is 3. The zero-order chi connectivity index (χ0) is 17.2. The van der Waals surface area contributed by atoms with Gasteiger partial charge in [-0.1, -0.05) is 25.1 Å². The molecule has 0 bridgehead atoms. The average Bonchev–Trinajstić information content (AvgIpc) is 2.64. The first kappa shape index (κ1) is 15.6. The van der Waals surface area contributed by atoms with Gasteiger partial charge >= 0.3 is 0 Å². The first-order valence-electron chi connectivity index (χ1n) is 8.68. The van der Waals surface area contributed by atoms with E-state index in [4.69, 9.17) is 5.73 Å². The van der Waals surface area contributed by atoms with E-state index in [-0.39, 0.29) is 0 Å². The molecule has 1 atom stereocenters. The zero-order valence-corrected chi connectivity index (χ0v) is 14.3. The fraction of sp³-hybridized carbons (Fsp3) is 0.316. The van der Waals surface area contributed by atoms with E-state index in [0.717, 1.165) is 35.5 Å². The van der Waals surface area contributed by atoms with Crippen LogP contribution < -0.4 is 16.0 Å². The van der Waals surface area contributed by atoms with Crippen LogP contribution in [0.15, 0.2) is 42.9 Å². The topological polar surface area (TPSA) is 80.0 Å². The van der Waals surface area contributed by atoms with Gasteiger partial charge in [0.25, 0.3) is 0 Å². The molecule has 0 amide bonds. The van der Waals surface area contributed by atoms with Gasteiger partial charge in [-0.2, -0.15) is 0 Å². The molecule has 1 saturated heterocycles. The largest absolute Gasteiger partial charge is 0.393 e. The Morgan fingerprint density at radius 2 is 2.04 bits per heavy atom. The molecular weight excluding hydrogens is 312 g/mol. The van der Waals surface area contributed by atoms with Crippen LogP contribution in [-0.2, 0) is 0 Å². The molecule has 0 saturated carbocycles. The van der Waals surface area contributed by atoms with Crippen molar-refractivity contribution < 1.29 is 0 Å². The van der Waals surface area contributed by atoms with E-state index >= 15 is 0 Å². The Bertz CT molecular complexity index is 889. The Morgan fingerprint density at radius 3 is 2.92 bits per heavy atom. The van der Waals surface area contributed by atoms with Crippen LogP contribution in [0.1, 0.15) is 19.8 Å². The van der Waals surface area contributed by atoms with Crippen molar-refractivity contribution >= 4 is 33.9 Å². The number of para-hydroxylation sites is 1. The van der Waals surface area contributed by atoms with Crippen LogP contribution in [0.2, 0.25) is 0 Å². The number of benzene rings is 1. The number of rotatable bonds is 3. The highest BCUT2D eigenvalue weighted by atomic mass is 15.2. The lowest BCUT2D eigenvalue weighted by atomic mass is 10.0. The van der Waals surface area contributed by atoms with Crippen LogP contribution >= 0.6 is 0 Å². The van der Waals surface area contributed by atoms with Crippen LogP contribution in [0.5, 0.6) is 0 Å². The molecule has 1 unspecified atom stereocenters. The van der Waals surface area contributed by atoms with E-state index < -0.39 is 0 Å². The molecule has 128 valence electrons. The van der Waals surface area contributed by atoms with Gasteiger partial charge < -0.3 is 16.0 Å². The number of anilines is 4. The second-order valence-corrected chi connectivity index (χ2v) is 6.66. The number of hydrogen-bond donors (Lipinski definition) is 2. The molecule has 2 aromatic heterocycles. The second-order valence-electron chi connectivity index (χ2n) is 6.66. The first-order chi connectivity index (χ1) is 12.2. The van der Waals surface area contributed by atoms with Gasteiger partial charge in [0.2, 0.25) is 0 Å². The molecule has 6 heteroatoms. The summed E-state index contributed by atoms with van der Waals surface area (Å²) in [6, 6.07) is 9.99. The van der Waals surface area contributed by atoms with Gasteiger partial charge in [0.1, 0.15) is 12.0 Å². The standard InChI is InChI=1S/C19H22N6/c1-13-5-4-10-25(11-13)19-16(20)18(22-12-23-19)24-15-8-2-6-14-7-3-9-21-17(14)15/h2-3,6-9,12-13H,4-5,10-11,20H2,1H3,(H,22,23,24). The minimum absolute atomic E-state index is 0.588. The number of pyridine rings is 1. The summed E-state index contributed by atoms with van der Waals surface area (Å²) >= 11 is 0. The number of nitrogens with one attached hydrogen (secondary N) is 1. The Kier molecular flexibility index (Phi) is 4.09. The molecule has 1 aliphatic rings. The van der Waals surface area contributed by atoms with Crippen molar-refractivity contribution in [1.82, 2.24) is 15.0 Å². The van der Waals surface area contributed by atoms with Crippen LogP contribution in [-0.4, -0.2) is 28.0 Å². The predicted octanol–water partition coefficient (Wildman–Crippen LogP) is 3.59. The lowest BCUT2D eigenvalue weighted by Crippen LogP contribution is -2.35. The minimum atomic E-state index is 0.588. The fourth-order valence-electron chi connectivity index (χ4n) is 3.45. The van der Waals surface area contributed by atoms with Crippen molar-refractivity contribution in [3.8, 4) is 0 Å². The summed E-state index contributed by atoms with van der Waals surface area (Å²) in [6.07, 6.45) is 5.79. The third-order valence-corrected chi connectivity index (χ3v) is 4.71. The van der Waals surface area contributed by atoms with E-state index in [1.165, 1.54) is 12.8 Å². The number of piperidine rings is 1. The second kappa shape index (κ2) is 6.55. The Morgan fingerprint density at radius 1 is 1.16 bits per heavy atom. The van der Waals surface area contributed by atoms with E-state index in [9.17, 15) is 0 Å². The smallest absolute Gasteiger partial charge is 0.159 e. The molecule has 3 heterocycles. The molecule has 3 aromatic rings. The summed E-state index contributed by atoms with van der Waals surface area (Å²) < 4.78 is 0. The van der Waals surface area contributed by atoms with E-state index in [1.807, 2.05) is 30.3 Å². The number of nitrogens with zero attached hydrogens (tertiary/aromatic N) is 4. The van der Waals surface area contributed by atoms with Crippen molar-refractivity contribution in [3.05, 3.63) is 42.9 Å². The molecule has 1 fully saturated rings. The lowest BCUT2D eigenvalue weighted by molar-refractivity contribution is 0.445. The zero-order valence-electron chi connectivity index (χ0n) is 14.3. The van der Waals surface area contributed by atoms with Crippen LogP contribution in [0.3, 0.4) is 0 Å². The molecule has 3 N–H and O–H groups in total. The predicted molar refractivity (Wildman–Crippen MR) is 102 cm³/mol. The highest BCUT2D eigenvalue weighted by Crippen LogP contribution is 2.32. The van der Waals surface area contributed by atoms with Crippen molar-refractivity contribution in [2.45, 2.75) is 19.8 Å². The number of nitrogens with two attached hydrogens (primary N) is 1. The Labute approximate surface area is 147 Å². The summed E-state index contributed by atoms with van der Waals surface area (Å²) in [5, 5.41) is 4.41. The summed E-state index contributed by atoms with van der Waals surface area (Å²) in [5.41, 5.74) is 8.78. The normalized spacial score (nSPS) is 17.6. The molecule has 0 radical (unpaired) electrons. The monoisotopic (exact) mass is 334 g/mol. The maximum absolute atomic E-state index is 6.40. The van der Waals surface area contributed by atoms with Gasteiger partial charge in [-0.25, -0.2) is 9.97 Å². The first-order valence-corrected chi connectivity index (χ1v) is 8.68.